The van der Waals surface area contributed by atoms with Gasteiger partial charge in [-0.25, -0.2) is 9.97 Å². The van der Waals surface area contributed by atoms with E-state index in [-0.39, 0.29) is 0 Å². The second kappa shape index (κ2) is 5.69. The van der Waals surface area contributed by atoms with Gasteiger partial charge in [-0.15, -0.1) is 0 Å². The molecule has 0 atom stereocenters. The van der Waals surface area contributed by atoms with E-state index in [0.29, 0.717) is 16.0 Å². The number of aromatic nitrogens is 2. The van der Waals surface area contributed by atoms with Crippen LogP contribution in [0.4, 0.5) is 11.5 Å². The molecular weight excluding hydrogens is 329 g/mol. The van der Waals surface area contributed by atoms with Crippen molar-refractivity contribution in [2.45, 2.75) is 0 Å². The van der Waals surface area contributed by atoms with Crippen molar-refractivity contribution >= 4 is 56.5 Å². The highest BCUT2D eigenvalue weighted by atomic mass is 35.5. The van der Waals surface area contributed by atoms with Gasteiger partial charge >= 0.3 is 0 Å². The summed E-state index contributed by atoms with van der Waals surface area (Å²) in [4.78, 5) is 9.05. The van der Waals surface area contributed by atoms with Gasteiger partial charge in [0.1, 0.15) is 0 Å². The summed E-state index contributed by atoms with van der Waals surface area (Å²) >= 11 is 12.3. The number of benzene rings is 3. The van der Waals surface area contributed by atoms with Crippen LogP contribution >= 0.6 is 23.2 Å². The third-order valence-corrected chi connectivity index (χ3v) is 4.08. The molecule has 4 rings (SSSR count). The van der Waals surface area contributed by atoms with Crippen LogP contribution in [0.3, 0.4) is 0 Å². The molecule has 1 heterocycles. The fourth-order valence-electron chi connectivity index (χ4n) is 2.50. The lowest BCUT2D eigenvalue weighted by atomic mass is 10.1. The normalized spacial score (nSPS) is 11.0. The zero-order chi connectivity index (χ0) is 15.8. The number of rotatable bonds is 2. The molecule has 0 aliphatic rings. The predicted octanol–water partition coefficient (Wildman–Crippen LogP) is 5.83. The van der Waals surface area contributed by atoms with Gasteiger partial charge < -0.3 is 5.32 Å². The number of hydrogen-bond acceptors (Lipinski definition) is 3. The van der Waals surface area contributed by atoms with E-state index in [4.69, 9.17) is 23.2 Å². The van der Waals surface area contributed by atoms with Crippen molar-refractivity contribution in [3.8, 4) is 0 Å². The first-order valence-corrected chi connectivity index (χ1v) is 7.83. The third kappa shape index (κ3) is 2.81. The Labute approximate surface area is 142 Å². The molecule has 0 amide bonds. The molecule has 0 aliphatic heterocycles. The quantitative estimate of drug-likeness (QED) is 0.466. The Morgan fingerprint density at radius 1 is 0.739 bits per heavy atom. The molecule has 0 fully saturated rings. The summed E-state index contributed by atoms with van der Waals surface area (Å²) in [6.45, 7) is 0. The summed E-state index contributed by atoms with van der Waals surface area (Å²) in [7, 11) is 0. The minimum atomic E-state index is 0.327. The Morgan fingerprint density at radius 3 is 2.13 bits per heavy atom. The Bertz CT molecular complexity index is 1030. The molecular formula is C18H11Cl2N3. The Kier molecular flexibility index (Phi) is 3.52. The molecule has 3 nitrogen and oxygen atoms in total. The highest BCUT2D eigenvalue weighted by Crippen LogP contribution is 2.28. The minimum absolute atomic E-state index is 0.327. The molecule has 112 valence electrons. The summed E-state index contributed by atoms with van der Waals surface area (Å²) in [5, 5.41) is 6.36. The van der Waals surface area contributed by atoms with Crippen molar-refractivity contribution in [3.05, 3.63) is 70.8 Å². The molecule has 0 saturated heterocycles. The standard InChI is InChI=1S/C18H11Cl2N3/c19-13-6-3-7-14(10-13)21-18-17(20)22-15-8-11-4-1-2-5-12(11)9-16(15)23-18/h1-10H,(H,21,23). The van der Waals surface area contributed by atoms with Crippen molar-refractivity contribution in [1.82, 2.24) is 9.97 Å². The van der Waals surface area contributed by atoms with Crippen molar-refractivity contribution in [1.29, 1.82) is 0 Å². The lowest BCUT2D eigenvalue weighted by Crippen LogP contribution is -1.97. The van der Waals surface area contributed by atoms with E-state index in [0.717, 1.165) is 27.5 Å². The van der Waals surface area contributed by atoms with Crippen LogP contribution in [-0.2, 0) is 0 Å². The van der Waals surface area contributed by atoms with Crippen molar-refractivity contribution in [3.63, 3.8) is 0 Å². The monoisotopic (exact) mass is 339 g/mol. The summed E-state index contributed by atoms with van der Waals surface area (Å²) in [5.41, 5.74) is 2.37. The van der Waals surface area contributed by atoms with Gasteiger partial charge in [-0.05, 0) is 41.1 Å². The van der Waals surface area contributed by atoms with Crippen LogP contribution in [0.15, 0.2) is 60.7 Å². The molecule has 0 bridgehead atoms. The van der Waals surface area contributed by atoms with Crippen LogP contribution in [0.5, 0.6) is 0 Å². The number of fused-ring (bicyclic) bond motifs is 2. The number of nitrogens with one attached hydrogen (secondary N) is 1. The summed E-state index contributed by atoms with van der Waals surface area (Å²) in [6, 6.07) is 19.5. The van der Waals surface area contributed by atoms with Crippen LogP contribution in [0.1, 0.15) is 0 Å². The Morgan fingerprint density at radius 2 is 1.43 bits per heavy atom. The lowest BCUT2D eigenvalue weighted by Gasteiger charge is -2.09. The fourth-order valence-corrected chi connectivity index (χ4v) is 2.87. The molecule has 3 aromatic carbocycles. The largest absolute Gasteiger partial charge is 0.338 e. The minimum Gasteiger partial charge on any atom is -0.338 e. The summed E-state index contributed by atoms with van der Waals surface area (Å²) < 4.78 is 0. The second-order valence-electron chi connectivity index (χ2n) is 5.19. The van der Waals surface area contributed by atoms with E-state index in [9.17, 15) is 0 Å². The molecule has 0 spiro atoms. The molecule has 1 aromatic heterocycles. The summed E-state index contributed by atoms with van der Waals surface area (Å²) in [5.74, 6) is 0.511. The van der Waals surface area contributed by atoms with Gasteiger partial charge in [0, 0.05) is 10.7 Å². The number of hydrogen-bond donors (Lipinski definition) is 1. The molecule has 0 radical (unpaired) electrons. The van der Waals surface area contributed by atoms with Crippen LogP contribution in [0, 0.1) is 0 Å². The Balaban J connectivity index is 1.83. The maximum Gasteiger partial charge on any atom is 0.172 e. The molecule has 1 N–H and O–H groups in total. The van der Waals surface area contributed by atoms with E-state index in [2.05, 4.69) is 21.4 Å². The molecule has 23 heavy (non-hydrogen) atoms. The van der Waals surface area contributed by atoms with Crippen LogP contribution < -0.4 is 5.32 Å². The summed E-state index contributed by atoms with van der Waals surface area (Å²) in [6.07, 6.45) is 0. The van der Waals surface area contributed by atoms with Crippen molar-refractivity contribution < 1.29 is 0 Å². The SMILES string of the molecule is Clc1cccc(Nc2nc3cc4ccccc4cc3nc2Cl)c1. The lowest BCUT2D eigenvalue weighted by molar-refractivity contribution is 1.28. The maximum absolute atomic E-state index is 6.27. The van der Waals surface area contributed by atoms with Gasteiger partial charge in [0.15, 0.2) is 11.0 Å². The van der Waals surface area contributed by atoms with Crippen LogP contribution in [0.25, 0.3) is 21.8 Å². The molecule has 0 unspecified atom stereocenters. The third-order valence-electron chi connectivity index (χ3n) is 3.58. The molecule has 0 aliphatic carbocycles. The first-order valence-electron chi connectivity index (χ1n) is 7.08. The fraction of sp³-hybridized carbons (Fsp3) is 0. The number of nitrogens with zero attached hydrogens (tertiary/aromatic N) is 2. The Hall–Kier alpha value is -2.36. The number of halogens is 2. The van der Waals surface area contributed by atoms with E-state index >= 15 is 0 Å². The van der Waals surface area contributed by atoms with E-state index in [1.54, 1.807) is 0 Å². The van der Waals surface area contributed by atoms with E-state index in [1.807, 2.05) is 54.6 Å². The van der Waals surface area contributed by atoms with E-state index in [1.165, 1.54) is 0 Å². The highest BCUT2D eigenvalue weighted by Gasteiger charge is 2.08. The first kappa shape index (κ1) is 14.2. The van der Waals surface area contributed by atoms with Crippen molar-refractivity contribution in [2.75, 3.05) is 5.32 Å². The van der Waals surface area contributed by atoms with Gasteiger partial charge in [-0.1, -0.05) is 53.5 Å². The van der Waals surface area contributed by atoms with Crippen LogP contribution in [0.2, 0.25) is 10.2 Å². The van der Waals surface area contributed by atoms with Gasteiger partial charge in [-0.2, -0.15) is 0 Å². The van der Waals surface area contributed by atoms with Gasteiger partial charge in [0.05, 0.1) is 11.0 Å². The zero-order valence-corrected chi connectivity index (χ0v) is 13.4. The molecule has 4 aromatic rings. The second-order valence-corrected chi connectivity index (χ2v) is 5.98. The van der Waals surface area contributed by atoms with Crippen LogP contribution in [-0.4, -0.2) is 9.97 Å². The molecule has 0 saturated carbocycles. The van der Waals surface area contributed by atoms with E-state index < -0.39 is 0 Å². The average molecular weight is 340 g/mol. The smallest absolute Gasteiger partial charge is 0.172 e. The topological polar surface area (TPSA) is 37.8 Å². The van der Waals surface area contributed by atoms with Gasteiger partial charge in [-0.3, -0.25) is 0 Å². The average Bonchev–Trinajstić information content (AvgIpc) is 2.54. The molecule has 5 heteroatoms. The van der Waals surface area contributed by atoms with Gasteiger partial charge in [0.25, 0.3) is 0 Å². The predicted molar refractivity (Wildman–Crippen MR) is 96.8 cm³/mol. The number of anilines is 2. The van der Waals surface area contributed by atoms with Gasteiger partial charge in [0.2, 0.25) is 0 Å². The maximum atomic E-state index is 6.27. The first-order chi connectivity index (χ1) is 11.2. The highest BCUT2D eigenvalue weighted by molar-refractivity contribution is 6.32. The van der Waals surface area contributed by atoms with Crippen molar-refractivity contribution in [2.24, 2.45) is 0 Å². The zero-order valence-electron chi connectivity index (χ0n) is 11.9.